The highest BCUT2D eigenvalue weighted by atomic mass is 32.2. The monoisotopic (exact) mass is 401 g/mol. The van der Waals surface area contributed by atoms with E-state index in [1.165, 1.54) is 4.31 Å². The summed E-state index contributed by atoms with van der Waals surface area (Å²) >= 11 is 0. The van der Waals surface area contributed by atoms with E-state index < -0.39 is 10.0 Å². The zero-order valence-corrected chi connectivity index (χ0v) is 16.9. The number of amides is 1. The van der Waals surface area contributed by atoms with Gasteiger partial charge < -0.3 is 9.64 Å². The predicted molar refractivity (Wildman–Crippen MR) is 104 cm³/mol. The number of hydrogen-bond donors (Lipinski definition) is 0. The van der Waals surface area contributed by atoms with Crippen molar-refractivity contribution in [1.82, 2.24) is 14.2 Å². The van der Waals surface area contributed by atoms with Crippen LogP contribution in [0.15, 0.2) is 41.3 Å². The number of aromatic nitrogens is 1. The van der Waals surface area contributed by atoms with Gasteiger partial charge in [0.25, 0.3) is 5.91 Å². The second kappa shape index (κ2) is 6.86. The van der Waals surface area contributed by atoms with Gasteiger partial charge >= 0.3 is 0 Å². The van der Waals surface area contributed by atoms with Gasteiger partial charge in [0.15, 0.2) is 0 Å². The highest BCUT2D eigenvalue weighted by Crippen LogP contribution is 2.36. The molecule has 28 heavy (non-hydrogen) atoms. The average molecular weight is 401 g/mol. The molecule has 0 spiro atoms. The quantitative estimate of drug-likeness (QED) is 0.786. The lowest BCUT2D eigenvalue weighted by atomic mass is 10.1. The Morgan fingerprint density at radius 3 is 2.50 bits per heavy atom. The molecule has 4 rings (SSSR count). The second-order valence-corrected chi connectivity index (χ2v) is 9.34. The van der Waals surface area contributed by atoms with Gasteiger partial charge in [-0.1, -0.05) is 0 Å². The fraction of sp³-hybridized carbons (Fsp3) is 0.400. The molecular formula is C20H23N3O4S. The Morgan fingerprint density at radius 2 is 1.82 bits per heavy atom. The molecule has 2 aromatic rings. The molecular weight excluding hydrogens is 378 g/mol. The van der Waals surface area contributed by atoms with Crippen LogP contribution in [0.1, 0.15) is 41.6 Å². The van der Waals surface area contributed by atoms with Crippen LogP contribution in [0.25, 0.3) is 0 Å². The largest absolute Gasteiger partial charge is 0.491 e. The molecule has 1 atom stereocenters. The van der Waals surface area contributed by atoms with Gasteiger partial charge in [0.1, 0.15) is 5.75 Å². The Labute approximate surface area is 165 Å². The number of nitrogens with zero attached hydrogens (tertiary/aromatic N) is 3. The minimum absolute atomic E-state index is 0.0199. The Morgan fingerprint density at radius 1 is 1.11 bits per heavy atom. The smallest absolute Gasteiger partial charge is 0.256 e. The molecule has 0 N–H and O–H groups in total. The van der Waals surface area contributed by atoms with E-state index in [1.54, 1.807) is 35.2 Å². The fourth-order valence-corrected chi connectivity index (χ4v) is 5.17. The van der Waals surface area contributed by atoms with Crippen LogP contribution in [0, 0.1) is 6.92 Å². The molecule has 7 nitrogen and oxygen atoms in total. The molecule has 2 aliphatic heterocycles. The van der Waals surface area contributed by atoms with E-state index in [1.807, 2.05) is 26.8 Å². The summed E-state index contributed by atoms with van der Waals surface area (Å²) < 4.78 is 33.3. The third-order valence-electron chi connectivity index (χ3n) is 5.05. The number of aryl methyl sites for hydroxylation is 1. The molecule has 0 radical (unpaired) electrons. The molecule has 2 aliphatic rings. The van der Waals surface area contributed by atoms with Crippen molar-refractivity contribution in [2.24, 2.45) is 0 Å². The Balaban J connectivity index is 1.60. The van der Waals surface area contributed by atoms with Crippen LogP contribution in [0.2, 0.25) is 0 Å². The standard InChI is InChI=1S/C20H23N3O4S/c1-13(2)27-15-5-7-16(8-6-15)28(25,26)22-10-11-23-18(12-22)19-17(20(23)24)9-4-14(3)21-19/h4-9,13,18H,10-12H2,1-3H3. The summed E-state index contributed by atoms with van der Waals surface area (Å²) in [5.41, 5.74) is 2.06. The molecule has 148 valence electrons. The minimum atomic E-state index is -3.66. The van der Waals surface area contributed by atoms with Crippen molar-refractivity contribution in [3.63, 3.8) is 0 Å². The van der Waals surface area contributed by atoms with Crippen molar-refractivity contribution < 1.29 is 17.9 Å². The SMILES string of the molecule is Cc1ccc2c(n1)C1CN(S(=O)(=O)c3ccc(OC(C)C)cc3)CCN1C2=O. The Hall–Kier alpha value is -2.45. The van der Waals surface area contributed by atoms with E-state index in [-0.39, 0.29) is 36.0 Å². The second-order valence-electron chi connectivity index (χ2n) is 7.40. The van der Waals surface area contributed by atoms with E-state index in [0.29, 0.717) is 23.6 Å². The first kappa shape index (κ1) is 18.9. The molecule has 0 aliphatic carbocycles. The van der Waals surface area contributed by atoms with Gasteiger partial charge in [-0.05, 0) is 57.2 Å². The van der Waals surface area contributed by atoms with E-state index in [9.17, 15) is 13.2 Å². The summed E-state index contributed by atoms with van der Waals surface area (Å²) in [5.74, 6) is 0.563. The lowest BCUT2D eigenvalue weighted by Crippen LogP contribution is -2.49. The van der Waals surface area contributed by atoms with E-state index in [0.717, 1.165) is 5.69 Å². The third kappa shape index (κ3) is 3.16. The molecule has 1 amide bonds. The first-order chi connectivity index (χ1) is 13.3. The van der Waals surface area contributed by atoms with Crippen molar-refractivity contribution in [2.75, 3.05) is 19.6 Å². The molecule has 1 fully saturated rings. The van der Waals surface area contributed by atoms with Crippen LogP contribution in [0.5, 0.6) is 5.75 Å². The molecule has 1 aromatic carbocycles. The van der Waals surface area contributed by atoms with Crippen LogP contribution >= 0.6 is 0 Å². The number of ether oxygens (including phenoxy) is 1. The zero-order chi connectivity index (χ0) is 20.1. The number of benzene rings is 1. The maximum absolute atomic E-state index is 13.1. The number of rotatable bonds is 4. The minimum Gasteiger partial charge on any atom is -0.491 e. The highest BCUT2D eigenvalue weighted by molar-refractivity contribution is 7.89. The van der Waals surface area contributed by atoms with Crippen molar-refractivity contribution in [3.05, 3.63) is 53.3 Å². The summed E-state index contributed by atoms with van der Waals surface area (Å²) in [6.07, 6.45) is 0.0199. The fourth-order valence-electron chi connectivity index (χ4n) is 3.73. The van der Waals surface area contributed by atoms with Crippen LogP contribution in [0.3, 0.4) is 0 Å². The summed E-state index contributed by atoms with van der Waals surface area (Å²) in [7, 11) is -3.66. The van der Waals surface area contributed by atoms with Gasteiger partial charge in [0, 0.05) is 25.3 Å². The number of piperazine rings is 1. The van der Waals surface area contributed by atoms with E-state index in [4.69, 9.17) is 4.74 Å². The van der Waals surface area contributed by atoms with E-state index >= 15 is 0 Å². The Kier molecular flexibility index (Phi) is 4.63. The zero-order valence-electron chi connectivity index (χ0n) is 16.1. The number of hydrogen-bond acceptors (Lipinski definition) is 5. The van der Waals surface area contributed by atoms with Crippen LogP contribution in [0.4, 0.5) is 0 Å². The maximum Gasteiger partial charge on any atom is 0.256 e. The van der Waals surface area contributed by atoms with E-state index in [2.05, 4.69) is 4.98 Å². The summed E-state index contributed by atoms with van der Waals surface area (Å²) in [4.78, 5) is 19.1. The molecule has 1 saturated heterocycles. The molecule has 1 unspecified atom stereocenters. The first-order valence-electron chi connectivity index (χ1n) is 9.33. The van der Waals surface area contributed by atoms with Crippen LogP contribution in [-0.4, -0.2) is 54.3 Å². The topological polar surface area (TPSA) is 79.8 Å². The number of pyridine rings is 1. The van der Waals surface area contributed by atoms with Crippen LogP contribution in [-0.2, 0) is 10.0 Å². The normalized spacial score (nSPS) is 19.6. The lowest BCUT2D eigenvalue weighted by Gasteiger charge is -2.36. The molecule has 0 bridgehead atoms. The summed E-state index contributed by atoms with van der Waals surface area (Å²) in [5, 5.41) is 0. The van der Waals surface area contributed by atoms with Crippen molar-refractivity contribution >= 4 is 15.9 Å². The van der Waals surface area contributed by atoms with Gasteiger partial charge in [-0.25, -0.2) is 8.42 Å². The molecule has 0 saturated carbocycles. The third-order valence-corrected chi connectivity index (χ3v) is 6.93. The van der Waals surface area contributed by atoms with Gasteiger partial charge in [-0.3, -0.25) is 9.78 Å². The Bertz CT molecular complexity index is 1020. The van der Waals surface area contributed by atoms with Crippen molar-refractivity contribution in [2.45, 2.75) is 37.8 Å². The van der Waals surface area contributed by atoms with Gasteiger partial charge in [0.05, 0.1) is 28.3 Å². The highest BCUT2D eigenvalue weighted by Gasteiger charge is 2.44. The van der Waals surface area contributed by atoms with Crippen LogP contribution < -0.4 is 4.74 Å². The number of carbonyl (C=O) groups is 1. The summed E-state index contributed by atoms with van der Waals surface area (Å²) in [6.45, 7) is 6.53. The first-order valence-corrected chi connectivity index (χ1v) is 10.8. The number of carbonyl (C=O) groups excluding carboxylic acids is 1. The van der Waals surface area contributed by atoms with Crippen molar-refractivity contribution in [1.29, 1.82) is 0 Å². The predicted octanol–water partition coefficient (Wildman–Crippen LogP) is 2.38. The number of sulfonamides is 1. The molecule has 3 heterocycles. The van der Waals surface area contributed by atoms with Crippen molar-refractivity contribution in [3.8, 4) is 5.75 Å². The molecule has 8 heteroatoms. The van der Waals surface area contributed by atoms with Gasteiger partial charge in [-0.2, -0.15) is 4.31 Å². The summed E-state index contributed by atoms with van der Waals surface area (Å²) in [6, 6.07) is 9.72. The lowest BCUT2D eigenvalue weighted by molar-refractivity contribution is 0.0625. The van der Waals surface area contributed by atoms with Gasteiger partial charge in [-0.15, -0.1) is 0 Å². The molecule has 1 aromatic heterocycles. The van der Waals surface area contributed by atoms with Gasteiger partial charge in [0.2, 0.25) is 10.0 Å². The average Bonchev–Trinajstić information content (AvgIpc) is 2.93. The number of fused-ring (bicyclic) bond motifs is 3. The maximum atomic E-state index is 13.1.